The highest BCUT2D eigenvalue weighted by Gasteiger charge is 2.30. The Labute approximate surface area is 143 Å². The van der Waals surface area contributed by atoms with Crippen LogP contribution in [0.2, 0.25) is 0 Å². The van der Waals surface area contributed by atoms with Crippen LogP contribution >= 0.6 is 28.3 Å². The van der Waals surface area contributed by atoms with Gasteiger partial charge in [0.1, 0.15) is 5.75 Å². The molecule has 0 bridgehead atoms. The van der Waals surface area contributed by atoms with Crippen molar-refractivity contribution in [3.63, 3.8) is 0 Å². The molecule has 8 heteroatoms. The van der Waals surface area contributed by atoms with Crippen molar-refractivity contribution in [1.82, 2.24) is 0 Å². The summed E-state index contributed by atoms with van der Waals surface area (Å²) in [6.07, 6.45) is 4.24. The van der Waals surface area contributed by atoms with Crippen LogP contribution in [0, 0.1) is 16.0 Å². The van der Waals surface area contributed by atoms with E-state index in [2.05, 4.69) is 15.9 Å². The lowest BCUT2D eigenvalue weighted by molar-refractivity contribution is -0.385. The van der Waals surface area contributed by atoms with Gasteiger partial charge in [0.15, 0.2) is 0 Å². The molecule has 4 N–H and O–H groups in total. The number of nitrogens with zero attached hydrogens (tertiary/aromatic N) is 1. The van der Waals surface area contributed by atoms with Gasteiger partial charge in [0.05, 0.1) is 21.5 Å². The Morgan fingerprint density at radius 2 is 1.91 bits per heavy atom. The van der Waals surface area contributed by atoms with Gasteiger partial charge < -0.3 is 15.9 Å². The van der Waals surface area contributed by atoms with Crippen molar-refractivity contribution in [2.75, 3.05) is 0 Å². The summed E-state index contributed by atoms with van der Waals surface area (Å²) in [6, 6.07) is 1.61. The molecule has 0 heterocycles. The van der Waals surface area contributed by atoms with E-state index in [0.717, 1.165) is 32.1 Å². The summed E-state index contributed by atoms with van der Waals surface area (Å²) in [7, 11) is 0. The number of rotatable bonds is 4. The van der Waals surface area contributed by atoms with Crippen molar-refractivity contribution in [1.29, 1.82) is 0 Å². The molecular weight excluding hydrogens is 376 g/mol. The summed E-state index contributed by atoms with van der Waals surface area (Å²) >= 11 is 3.09. The van der Waals surface area contributed by atoms with Crippen LogP contribution < -0.4 is 5.73 Å². The van der Waals surface area contributed by atoms with Crippen LogP contribution in [0.25, 0.3) is 0 Å². The fraction of sp³-hybridized carbons (Fsp3) is 0.571. The molecule has 2 atom stereocenters. The fourth-order valence-electron chi connectivity index (χ4n) is 2.92. The minimum Gasteiger partial charge on any atom is -0.506 e. The standard InChI is InChI=1S/C14H19BrN2O4.ClH/c15-11-7-9(17(20)21)6-10(14(11)19)12(16)13(18)8-4-2-1-3-5-8;/h6-8,12-13,18-19H,1-5,16H2;1H/t12-,13+;/m0./s1. The molecule has 0 amide bonds. The first kappa shape index (κ1) is 19.2. The fourth-order valence-corrected chi connectivity index (χ4v) is 3.38. The number of hydrogen-bond acceptors (Lipinski definition) is 5. The third-order valence-electron chi connectivity index (χ3n) is 4.15. The maximum Gasteiger partial charge on any atom is 0.271 e. The number of halogens is 2. The van der Waals surface area contributed by atoms with Crippen molar-refractivity contribution in [3.8, 4) is 5.75 Å². The van der Waals surface area contributed by atoms with Crippen molar-refractivity contribution < 1.29 is 15.1 Å². The van der Waals surface area contributed by atoms with Gasteiger partial charge in [0, 0.05) is 17.7 Å². The summed E-state index contributed by atoms with van der Waals surface area (Å²) in [5.41, 5.74) is 6.09. The molecule has 0 saturated heterocycles. The molecule has 2 rings (SSSR count). The molecule has 1 aliphatic carbocycles. The molecular formula is C14H20BrClN2O4. The average Bonchev–Trinajstić information content (AvgIpc) is 2.49. The monoisotopic (exact) mass is 394 g/mol. The zero-order valence-electron chi connectivity index (χ0n) is 11.9. The second-order valence-corrected chi connectivity index (χ2v) is 6.39. The number of phenolic OH excluding ortho intramolecular Hbond substituents is 1. The number of non-ortho nitro benzene ring substituents is 1. The number of aliphatic hydroxyl groups is 1. The molecule has 1 aromatic rings. The number of nitro benzene ring substituents is 1. The Morgan fingerprint density at radius 3 is 2.45 bits per heavy atom. The summed E-state index contributed by atoms with van der Waals surface area (Å²) in [5.74, 6) is -0.0749. The second kappa shape index (κ2) is 8.10. The van der Waals surface area contributed by atoms with E-state index in [9.17, 15) is 20.3 Å². The Hall–Kier alpha value is -0.890. The molecule has 124 valence electrons. The third kappa shape index (κ3) is 4.10. The van der Waals surface area contributed by atoms with Crippen molar-refractivity contribution >= 4 is 34.0 Å². The molecule has 0 radical (unpaired) electrons. The Kier molecular flexibility index (Phi) is 7.05. The van der Waals surface area contributed by atoms with Crippen molar-refractivity contribution in [3.05, 3.63) is 32.3 Å². The van der Waals surface area contributed by atoms with Gasteiger partial charge in [-0.05, 0) is 34.7 Å². The normalized spacial score (nSPS) is 18.3. The second-order valence-electron chi connectivity index (χ2n) is 5.54. The van der Waals surface area contributed by atoms with E-state index in [0.29, 0.717) is 0 Å². The molecule has 0 aromatic heterocycles. The molecule has 0 spiro atoms. The number of hydrogen-bond donors (Lipinski definition) is 3. The Balaban J connectivity index is 0.00000242. The molecule has 1 aliphatic rings. The Bertz CT molecular complexity index is 538. The lowest BCUT2D eigenvalue weighted by atomic mass is 9.81. The highest BCUT2D eigenvalue weighted by Crippen LogP contribution is 2.39. The first-order valence-electron chi connectivity index (χ1n) is 7.02. The zero-order chi connectivity index (χ0) is 15.6. The van der Waals surface area contributed by atoms with E-state index < -0.39 is 17.1 Å². The topological polar surface area (TPSA) is 110 Å². The van der Waals surface area contributed by atoms with Gasteiger partial charge in [-0.15, -0.1) is 12.4 Å². The number of benzene rings is 1. The first-order valence-corrected chi connectivity index (χ1v) is 7.81. The molecule has 1 fully saturated rings. The SMILES string of the molecule is Cl.N[C@@H](c1cc([N+](=O)[O-])cc(Br)c1O)[C@H](O)C1CCCCC1. The van der Waals surface area contributed by atoms with E-state index in [4.69, 9.17) is 5.73 Å². The van der Waals surface area contributed by atoms with E-state index >= 15 is 0 Å². The maximum absolute atomic E-state index is 10.9. The lowest BCUT2D eigenvalue weighted by Gasteiger charge is -2.30. The van der Waals surface area contributed by atoms with E-state index in [1.807, 2.05) is 0 Å². The van der Waals surface area contributed by atoms with Crippen LogP contribution in [0.5, 0.6) is 5.75 Å². The highest BCUT2D eigenvalue weighted by molar-refractivity contribution is 9.10. The smallest absolute Gasteiger partial charge is 0.271 e. The predicted molar refractivity (Wildman–Crippen MR) is 89.2 cm³/mol. The molecule has 0 unspecified atom stereocenters. The van der Waals surface area contributed by atoms with Gasteiger partial charge in [-0.1, -0.05) is 19.3 Å². The average molecular weight is 396 g/mol. The molecule has 1 saturated carbocycles. The van der Waals surface area contributed by atoms with Crippen LogP contribution in [0.1, 0.15) is 43.7 Å². The minimum atomic E-state index is -0.843. The highest BCUT2D eigenvalue weighted by atomic mass is 79.9. The number of nitrogens with two attached hydrogens (primary N) is 1. The van der Waals surface area contributed by atoms with Crippen LogP contribution in [0.3, 0.4) is 0 Å². The Morgan fingerprint density at radius 1 is 1.32 bits per heavy atom. The maximum atomic E-state index is 10.9. The summed E-state index contributed by atoms with van der Waals surface area (Å²) in [5, 5.41) is 31.4. The quantitative estimate of drug-likeness (QED) is 0.534. The number of nitro groups is 1. The number of aliphatic hydroxyl groups excluding tert-OH is 1. The van der Waals surface area contributed by atoms with Crippen molar-refractivity contribution in [2.24, 2.45) is 11.7 Å². The first-order chi connectivity index (χ1) is 9.91. The lowest BCUT2D eigenvalue weighted by Crippen LogP contribution is -2.34. The van der Waals surface area contributed by atoms with Crippen LogP contribution in [-0.2, 0) is 0 Å². The van der Waals surface area contributed by atoms with Gasteiger partial charge in [-0.3, -0.25) is 10.1 Å². The molecule has 1 aromatic carbocycles. The largest absolute Gasteiger partial charge is 0.506 e. The molecule has 6 nitrogen and oxygen atoms in total. The summed E-state index contributed by atoms with van der Waals surface area (Å²) < 4.78 is 0.206. The third-order valence-corrected chi connectivity index (χ3v) is 4.75. The molecule has 22 heavy (non-hydrogen) atoms. The number of phenols is 1. The van der Waals surface area contributed by atoms with Gasteiger partial charge >= 0.3 is 0 Å². The van der Waals surface area contributed by atoms with E-state index in [1.54, 1.807) is 0 Å². The zero-order valence-corrected chi connectivity index (χ0v) is 14.3. The summed E-state index contributed by atoms with van der Waals surface area (Å²) in [4.78, 5) is 10.4. The van der Waals surface area contributed by atoms with E-state index in [-0.39, 0.29) is 39.8 Å². The van der Waals surface area contributed by atoms with Crippen molar-refractivity contribution in [2.45, 2.75) is 44.2 Å². The number of aromatic hydroxyl groups is 1. The van der Waals surface area contributed by atoms with Gasteiger partial charge in [-0.25, -0.2) is 0 Å². The van der Waals surface area contributed by atoms with Crippen LogP contribution in [0.15, 0.2) is 16.6 Å². The summed E-state index contributed by atoms with van der Waals surface area (Å²) in [6.45, 7) is 0. The van der Waals surface area contributed by atoms with Crippen LogP contribution in [0.4, 0.5) is 5.69 Å². The predicted octanol–water partition coefficient (Wildman–Crippen LogP) is 3.43. The van der Waals surface area contributed by atoms with Crippen LogP contribution in [-0.4, -0.2) is 21.2 Å². The van der Waals surface area contributed by atoms with Gasteiger partial charge in [-0.2, -0.15) is 0 Å². The molecule has 0 aliphatic heterocycles. The van der Waals surface area contributed by atoms with Gasteiger partial charge in [0.25, 0.3) is 5.69 Å². The minimum absolute atomic E-state index is 0. The van der Waals surface area contributed by atoms with E-state index in [1.165, 1.54) is 12.1 Å². The van der Waals surface area contributed by atoms with Gasteiger partial charge in [0.2, 0.25) is 0 Å².